The Morgan fingerprint density at radius 3 is 2.24 bits per heavy atom. The Morgan fingerprint density at radius 1 is 1.19 bits per heavy atom. The van der Waals surface area contributed by atoms with Crippen LogP contribution in [0.4, 0.5) is 13.2 Å². The highest BCUT2D eigenvalue weighted by molar-refractivity contribution is 7.91. The Labute approximate surface area is 121 Å². The van der Waals surface area contributed by atoms with Crippen molar-refractivity contribution in [2.24, 2.45) is 0 Å². The SMILES string of the molecule is CC(CS(C)(=O)=O)NS(=O)(=O)c1cccc(C(F)(F)F)c1. The summed E-state index contributed by atoms with van der Waals surface area (Å²) in [5.74, 6) is -0.453. The number of hydrogen-bond acceptors (Lipinski definition) is 4. The summed E-state index contributed by atoms with van der Waals surface area (Å²) in [4.78, 5) is -0.572. The lowest BCUT2D eigenvalue weighted by molar-refractivity contribution is -0.137. The summed E-state index contributed by atoms with van der Waals surface area (Å²) in [7, 11) is -7.65. The smallest absolute Gasteiger partial charge is 0.229 e. The Morgan fingerprint density at radius 2 is 1.76 bits per heavy atom. The molecule has 1 rings (SSSR count). The number of sulfone groups is 1. The van der Waals surface area contributed by atoms with Crippen molar-refractivity contribution in [3.8, 4) is 0 Å². The predicted molar refractivity (Wildman–Crippen MR) is 70.9 cm³/mol. The molecule has 0 amide bonds. The van der Waals surface area contributed by atoms with E-state index in [1.165, 1.54) is 6.92 Å². The van der Waals surface area contributed by atoms with E-state index in [2.05, 4.69) is 0 Å². The molecule has 0 aromatic heterocycles. The Balaban J connectivity index is 3.04. The highest BCUT2D eigenvalue weighted by Gasteiger charge is 2.32. The third kappa shape index (κ3) is 5.64. The second kappa shape index (κ2) is 5.93. The van der Waals surface area contributed by atoms with Crippen LogP contribution in [-0.2, 0) is 26.0 Å². The number of alkyl halides is 3. The van der Waals surface area contributed by atoms with E-state index in [0.717, 1.165) is 24.5 Å². The van der Waals surface area contributed by atoms with E-state index in [1.54, 1.807) is 0 Å². The molecule has 0 radical (unpaired) electrons. The van der Waals surface area contributed by atoms with Crippen molar-refractivity contribution in [3.05, 3.63) is 29.8 Å². The van der Waals surface area contributed by atoms with Crippen molar-refractivity contribution in [1.82, 2.24) is 4.72 Å². The van der Waals surface area contributed by atoms with Gasteiger partial charge in [0.2, 0.25) is 10.0 Å². The summed E-state index contributed by atoms with van der Waals surface area (Å²) >= 11 is 0. The van der Waals surface area contributed by atoms with Gasteiger partial charge in [0.1, 0.15) is 9.84 Å². The van der Waals surface area contributed by atoms with E-state index >= 15 is 0 Å². The monoisotopic (exact) mass is 345 g/mol. The van der Waals surface area contributed by atoms with E-state index in [9.17, 15) is 30.0 Å². The molecule has 1 atom stereocenters. The summed E-state index contributed by atoms with van der Waals surface area (Å²) in [5.41, 5.74) is -1.10. The van der Waals surface area contributed by atoms with E-state index < -0.39 is 48.3 Å². The zero-order chi connectivity index (χ0) is 16.5. The normalized spacial score (nSPS) is 14.9. The minimum atomic E-state index is -4.66. The van der Waals surface area contributed by atoms with Gasteiger partial charge in [-0.05, 0) is 25.1 Å². The van der Waals surface area contributed by atoms with Crippen LogP contribution >= 0.6 is 0 Å². The van der Waals surface area contributed by atoms with Gasteiger partial charge in [0, 0.05) is 12.3 Å². The van der Waals surface area contributed by atoms with Gasteiger partial charge >= 0.3 is 6.18 Å². The standard InChI is InChI=1S/C11H14F3NO4S2/c1-8(7-20(2,16)17)15-21(18,19)10-5-3-4-9(6-10)11(12,13)14/h3-6,8,15H,7H2,1-2H3. The van der Waals surface area contributed by atoms with Crippen LogP contribution in [0.5, 0.6) is 0 Å². The number of rotatable bonds is 5. The molecule has 0 aliphatic carbocycles. The molecule has 0 saturated heterocycles. The first kappa shape index (κ1) is 17.9. The molecular formula is C11H14F3NO4S2. The molecule has 1 aromatic carbocycles. The minimum Gasteiger partial charge on any atom is -0.229 e. The van der Waals surface area contributed by atoms with Gasteiger partial charge < -0.3 is 0 Å². The van der Waals surface area contributed by atoms with E-state index in [-0.39, 0.29) is 0 Å². The van der Waals surface area contributed by atoms with Crippen LogP contribution in [0.1, 0.15) is 12.5 Å². The lowest BCUT2D eigenvalue weighted by atomic mass is 10.2. The molecule has 5 nitrogen and oxygen atoms in total. The third-order valence-electron chi connectivity index (χ3n) is 2.38. The zero-order valence-corrected chi connectivity index (χ0v) is 12.8. The fourth-order valence-electron chi connectivity index (χ4n) is 1.66. The first-order chi connectivity index (χ1) is 9.31. The van der Waals surface area contributed by atoms with Crippen molar-refractivity contribution < 1.29 is 30.0 Å². The largest absolute Gasteiger partial charge is 0.416 e. The van der Waals surface area contributed by atoms with Crippen LogP contribution in [-0.4, -0.2) is 34.9 Å². The average Bonchev–Trinajstić information content (AvgIpc) is 2.24. The fourth-order valence-corrected chi connectivity index (χ4v) is 4.05. The van der Waals surface area contributed by atoms with E-state index in [4.69, 9.17) is 0 Å². The van der Waals surface area contributed by atoms with E-state index in [1.807, 2.05) is 4.72 Å². The van der Waals surface area contributed by atoms with Crippen LogP contribution in [0.2, 0.25) is 0 Å². The van der Waals surface area contributed by atoms with Crippen LogP contribution in [0.15, 0.2) is 29.2 Å². The number of benzene rings is 1. The van der Waals surface area contributed by atoms with E-state index in [0.29, 0.717) is 6.07 Å². The second-order valence-electron chi connectivity index (χ2n) is 4.64. The van der Waals surface area contributed by atoms with Gasteiger partial charge in [-0.3, -0.25) is 0 Å². The highest BCUT2D eigenvalue weighted by atomic mass is 32.2. The Hall–Kier alpha value is -1.13. The molecule has 0 spiro atoms. The van der Waals surface area contributed by atoms with Crippen LogP contribution in [0.25, 0.3) is 0 Å². The van der Waals surface area contributed by atoms with Crippen LogP contribution in [0, 0.1) is 0 Å². The van der Waals surface area contributed by atoms with Crippen LogP contribution < -0.4 is 4.72 Å². The van der Waals surface area contributed by atoms with Crippen molar-refractivity contribution in [2.45, 2.75) is 24.0 Å². The summed E-state index contributed by atoms with van der Waals surface area (Å²) in [5, 5.41) is 0. The Kier molecular flexibility index (Phi) is 5.06. The predicted octanol–water partition coefficient (Wildman–Crippen LogP) is 1.42. The first-order valence-electron chi connectivity index (χ1n) is 5.68. The molecule has 0 aliphatic rings. The third-order valence-corrected chi connectivity index (χ3v) is 5.07. The molecule has 0 aliphatic heterocycles. The van der Waals surface area contributed by atoms with Gasteiger partial charge in [0.25, 0.3) is 0 Å². The maximum atomic E-state index is 12.5. The molecule has 10 heteroatoms. The summed E-state index contributed by atoms with van der Waals surface area (Å²) in [6.07, 6.45) is -3.73. The highest BCUT2D eigenvalue weighted by Crippen LogP contribution is 2.30. The maximum absolute atomic E-state index is 12.5. The number of sulfonamides is 1. The average molecular weight is 345 g/mol. The van der Waals surface area contributed by atoms with Gasteiger partial charge in [-0.1, -0.05) is 6.07 Å². The molecule has 1 N–H and O–H groups in total. The van der Waals surface area contributed by atoms with Gasteiger partial charge in [0.05, 0.1) is 16.2 Å². The molecule has 120 valence electrons. The van der Waals surface area contributed by atoms with Crippen molar-refractivity contribution in [1.29, 1.82) is 0 Å². The molecule has 21 heavy (non-hydrogen) atoms. The maximum Gasteiger partial charge on any atom is 0.416 e. The summed E-state index contributed by atoms with van der Waals surface area (Å²) in [6.45, 7) is 1.31. The molecular weight excluding hydrogens is 331 g/mol. The Bertz CT molecular complexity index is 711. The van der Waals surface area contributed by atoms with Gasteiger partial charge in [-0.25, -0.2) is 21.6 Å². The quantitative estimate of drug-likeness (QED) is 0.875. The van der Waals surface area contributed by atoms with Gasteiger partial charge in [-0.2, -0.15) is 13.2 Å². The molecule has 0 fully saturated rings. The molecule has 0 bridgehead atoms. The second-order valence-corrected chi connectivity index (χ2v) is 8.54. The van der Waals surface area contributed by atoms with Gasteiger partial charge in [-0.15, -0.1) is 0 Å². The van der Waals surface area contributed by atoms with Crippen molar-refractivity contribution >= 4 is 19.9 Å². The summed E-state index contributed by atoms with van der Waals surface area (Å²) in [6, 6.07) is 2.26. The zero-order valence-electron chi connectivity index (χ0n) is 11.2. The molecule has 1 aromatic rings. The number of hydrogen-bond donors (Lipinski definition) is 1. The lowest BCUT2D eigenvalue weighted by Crippen LogP contribution is -2.37. The van der Waals surface area contributed by atoms with Gasteiger partial charge in [0.15, 0.2) is 0 Å². The number of halogens is 3. The number of nitrogens with one attached hydrogen (secondary N) is 1. The molecule has 0 heterocycles. The van der Waals surface area contributed by atoms with Crippen LogP contribution in [0.3, 0.4) is 0 Å². The fraction of sp³-hybridized carbons (Fsp3) is 0.455. The molecule has 0 saturated carbocycles. The summed E-state index contributed by atoms with van der Waals surface area (Å²) < 4.78 is 85.7. The topological polar surface area (TPSA) is 80.3 Å². The minimum absolute atomic E-state index is 0.453. The lowest BCUT2D eigenvalue weighted by Gasteiger charge is -2.14. The van der Waals surface area contributed by atoms with Crippen molar-refractivity contribution in [2.75, 3.05) is 12.0 Å². The van der Waals surface area contributed by atoms with Crippen molar-refractivity contribution in [3.63, 3.8) is 0 Å². The molecule has 1 unspecified atom stereocenters. The first-order valence-corrected chi connectivity index (χ1v) is 9.23.